The minimum Gasteiger partial charge on any atom is -0.333 e. The Labute approximate surface area is 153 Å². The molecule has 1 amide bonds. The first-order chi connectivity index (χ1) is 12.6. The maximum absolute atomic E-state index is 13.1. The molecule has 0 N–H and O–H groups in total. The van der Waals surface area contributed by atoms with Crippen molar-refractivity contribution in [3.63, 3.8) is 0 Å². The predicted molar refractivity (Wildman–Crippen MR) is 101 cm³/mol. The van der Waals surface area contributed by atoms with Gasteiger partial charge < -0.3 is 4.90 Å². The third-order valence-electron chi connectivity index (χ3n) is 5.07. The van der Waals surface area contributed by atoms with E-state index in [4.69, 9.17) is 5.10 Å². The van der Waals surface area contributed by atoms with Gasteiger partial charge in [-0.1, -0.05) is 18.2 Å². The number of pyridine rings is 1. The van der Waals surface area contributed by atoms with E-state index in [0.29, 0.717) is 6.54 Å². The van der Waals surface area contributed by atoms with Crippen molar-refractivity contribution in [1.82, 2.24) is 19.7 Å². The number of carbonyl (C=O) groups is 1. The van der Waals surface area contributed by atoms with Gasteiger partial charge >= 0.3 is 0 Å². The van der Waals surface area contributed by atoms with Crippen LogP contribution in [0, 0.1) is 6.92 Å². The third-order valence-corrected chi connectivity index (χ3v) is 5.07. The molecule has 1 aliphatic heterocycles. The molecule has 3 aromatic rings. The highest BCUT2D eigenvalue weighted by Crippen LogP contribution is 2.29. The lowest BCUT2D eigenvalue weighted by molar-refractivity contribution is 0.0741. The van der Waals surface area contributed by atoms with Crippen molar-refractivity contribution < 1.29 is 4.79 Å². The molecule has 0 saturated heterocycles. The number of nitrogens with zero attached hydrogens (tertiary/aromatic N) is 4. The van der Waals surface area contributed by atoms with Crippen molar-refractivity contribution in [2.24, 2.45) is 7.05 Å². The van der Waals surface area contributed by atoms with Crippen molar-refractivity contribution in [1.29, 1.82) is 0 Å². The second-order valence-electron chi connectivity index (χ2n) is 6.78. The van der Waals surface area contributed by atoms with Crippen LogP contribution < -0.4 is 0 Å². The summed E-state index contributed by atoms with van der Waals surface area (Å²) in [7, 11) is 1.96. The second kappa shape index (κ2) is 6.75. The minimum absolute atomic E-state index is 0.0973. The topological polar surface area (TPSA) is 51.0 Å². The molecule has 0 aliphatic carbocycles. The normalized spacial score (nSPS) is 14.0. The highest BCUT2D eigenvalue weighted by molar-refractivity contribution is 5.95. The molecule has 1 aromatic carbocycles. The average molecular weight is 346 g/mol. The number of rotatable bonds is 2. The fourth-order valence-corrected chi connectivity index (χ4v) is 3.66. The van der Waals surface area contributed by atoms with Gasteiger partial charge in [-0.3, -0.25) is 14.5 Å². The van der Waals surface area contributed by atoms with Gasteiger partial charge in [-0.2, -0.15) is 5.10 Å². The van der Waals surface area contributed by atoms with E-state index in [0.717, 1.165) is 47.5 Å². The Bertz CT molecular complexity index is 946. The lowest BCUT2D eigenvalue weighted by Crippen LogP contribution is -2.31. The van der Waals surface area contributed by atoms with Gasteiger partial charge in [0.25, 0.3) is 5.91 Å². The second-order valence-corrected chi connectivity index (χ2v) is 6.78. The Morgan fingerprint density at radius 3 is 2.77 bits per heavy atom. The average Bonchev–Trinajstić information content (AvgIpc) is 2.84. The molecule has 0 saturated carbocycles. The first-order valence-electron chi connectivity index (χ1n) is 8.95. The smallest absolute Gasteiger partial charge is 0.254 e. The van der Waals surface area contributed by atoms with Crippen LogP contribution in [0.2, 0.25) is 0 Å². The van der Waals surface area contributed by atoms with Gasteiger partial charge in [-0.05, 0) is 43.5 Å². The monoisotopic (exact) mass is 346 g/mol. The Hall–Kier alpha value is -2.95. The van der Waals surface area contributed by atoms with E-state index in [9.17, 15) is 4.79 Å². The SMILES string of the molecule is Cc1ccccc1C(=O)N1CCCc2c(-c3cccnc3)nn(C)c2C1. The fraction of sp³-hybridized carbons (Fsp3) is 0.286. The summed E-state index contributed by atoms with van der Waals surface area (Å²) in [5.41, 5.74) is 6.17. The number of hydrogen-bond donors (Lipinski definition) is 0. The summed E-state index contributed by atoms with van der Waals surface area (Å²) in [5.74, 6) is 0.0973. The largest absolute Gasteiger partial charge is 0.333 e. The van der Waals surface area contributed by atoms with Crippen LogP contribution in [0.4, 0.5) is 0 Å². The number of benzene rings is 1. The van der Waals surface area contributed by atoms with Crippen molar-refractivity contribution in [2.45, 2.75) is 26.3 Å². The van der Waals surface area contributed by atoms with E-state index >= 15 is 0 Å². The summed E-state index contributed by atoms with van der Waals surface area (Å²) < 4.78 is 1.92. The number of aryl methyl sites for hydroxylation is 2. The van der Waals surface area contributed by atoms with Crippen molar-refractivity contribution in [3.8, 4) is 11.3 Å². The highest BCUT2D eigenvalue weighted by Gasteiger charge is 2.26. The van der Waals surface area contributed by atoms with Gasteiger partial charge in [0.2, 0.25) is 0 Å². The van der Waals surface area contributed by atoms with Crippen LogP contribution in [0.1, 0.15) is 33.6 Å². The summed E-state index contributed by atoms with van der Waals surface area (Å²) in [6.45, 7) is 3.33. The zero-order valence-corrected chi connectivity index (χ0v) is 15.1. The van der Waals surface area contributed by atoms with Gasteiger partial charge in [0, 0.05) is 42.7 Å². The Balaban J connectivity index is 1.69. The summed E-state index contributed by atoms with van der Waals surface area (Å²) in [5, 5.41) is 4.73. The van der Waals surface area contributed by atoms with E-state index in [2.05, 4.69) is 4.98 Å². The molecule has 1 aliphatic rings. The van der Waals surface area contributed by atoms with Crippen LogP contribution in [-0.2, 0) is 20.0 Å². The number of aromatic nitrogens is 3. The molecule has 132 valence electrons. The molecule has 5 heteroatoms. The molecule has 5 nitrogen and oxygen atoms in total. The number of fused-ring (bicyclic) bond motifs is 1. The van der Waals surface area contributed by atoms with Gasteiger partial charge in [0.1, 0.15) is 0 Å². The van der Waals surface area contributed by atoms with E-state index in [1.807, 2.05) is 66.1 Å². The summed E-state index contributed by atoms with van der Waals surface area (Å²) in [4.78, 5) is 19.2. The van der Waals surface area contributed by atoms with Gasteiger partial charge in [0.15, 0.2) is 0 Å². The van der Waals surface area contributed by atoms with Crippen LogP contribution in [0.15, 0.2) is 48.8 Å². The molecule has 3 heterocycles. The van der Waals surface area contributed by atoms with Gasteiger partial charge in [0.05, 0.1) is 17.9 Å². The van der Waals surface area contributed by atoms with E-state index in [-0.39, 0.29) is 5.91 Å². The van der Waals surface area contributed by atoms with Crippen molar-refractivity contribution in [2.75, 3.05) is 6.54 Å². The molecular formula is C21H22N4O. The molecule has 2 aromatic heterocycles. The molecule has 4 rings (SSSR count). The van der Waals surface area contributed by atoms with Crippen LogP contribution in [-0.4, -0.2) is 32.1 Å². The van der Waals surface area contributed by atoms with Crippen LogP contribution >= 0.6 is 0 Å². The fourth-order valence-electron chi connectivity index (χ4n) is 3.66. The van der Waals surface area contributed by atoms with E-state index in [1.165, 1.54) is 5.56 Å². The molecule has 0 radical (unpaired) electrons. The Kier molecular flexibility index (Phi) is 4.29. The zero-order chi connectivity index (χ0) is 18.1. The number of amides is 1. The van der Waals surface area contributed by atoms with Crippen LogP contribution in [0.3, 0.4) is 0 Å². The first kappa shape index (κ1) is 16.5. The van der Waals surface area contributed by atoms with Gasteiger partial charge in [-0.25, -0.2) is 0 Å². The number of hydrogen-bond acceptors (Lipinski definition) is 3. The van der Waals surface area contributed by atoms with Crippen LogP contribution in [0.5, 0.6) is 0 Å². The lowest BCUT2D eigenvalue weighted by atomic mass is 10.0. The highest BCUT2D eigenvalue weighted by atomic mass is 16.2. The lowest BCUT2D eigenvalue weighted by Gasteiger charge is -2.22. The Morgan fingerprint density at radius 2 is 2.00 bits per heavy atom. The molecule has 0 fully saturated rings. The minimum atomic E-state index is 0.0973. The molecule has 0 unspecified atom stereocenters. The molecule has 0 atom stereocenters. The third kappa shape index (κ3) is 2.90. The first-order valence-corrected chi connectivity index (χ1v) is 8.95. The summed E-state index contributed by atoms with van der Waals surface area (Å²) >= 11 is 0. The predicted octanol–water partition coefficient (Wildman–Crippen LogP) is 3.38. The van der Waals surface area contributed by atoms with Gasteiger partial charge in [-0.15, -0.1) is 0 Å². The molecule has 0 spiro atoms. The zero-order valence-electron chi connectivity index (χ0n) is 15.1. The van der Waals surface area contributed by atoms with E-state index in [1.54, 1.807) is 6.20 Å². The number of carbonyl (C=O) groups excluding carboxylic acids is 1. The van der Waals surface area contributed by atoms with E-state index < -0.39 is 0 Å². The molecular weight excluding hydrogens is 324 g/mol. The molecule has 0 bridgehead atoms. The maximum Gasteiger partial charge on any atom is 0.254 e. The Morgan fingerprint density at radius 1 is 1.15 bits per heavy atom. The maximum atomic E-state index is 13.1. The summed E-state index contributed by atoms with van der Waals surface area (Å²) in [6, 6.07) is 11.8. The summed E-state index contributed by atoms with van der Waals surface area (Å²) in [6.07, 6.45) is 5.48. The molecule has 26 heavy (non-hydrogen) atoms. The van der Waals surface area contributed by atoms with Crippen molar-refractivity contribution in [3.05, 3.63) is 71.2 Å². The van der Waals surface area contributed by atoms with Crippen LogP contribution in [0.25, 0.3) is 11.3 Å². The standard InChI is InChI=1S/C21H22N4O/c1-15-7-3-4-9-17(15)21(26)25-12-6-10-18-19(14-25)24(2)23-20(18)16-8-5-11-22-13-16/h3-5,7-9,11,13H,6,10,12,14H2,1-2H3. The quantitative estimate of drug-likeness (QED) is 0.715. The van der Waals surface area contributed by atoms with Crippen molar-refractivity contribution >= 4 is 5.91 Å².